The van der Waals surface area contributed by atoms with Crippen molar-refractivity contribution in [1.82, 2.24) is 9.80 Å². The number of fused-ring (bicyclic) bond motifs is 11. The van der Waals surface area contributed by atoms with Gasteiger partial charge >= 0.3 is 0 Å². The van der Waals surface area contributed by atoms with E-state index in [1.165, 1.54) is 97.7 Å². The molecule has 0 bridgehead atoms. The highest BCUT2D eigenvalue weighted by Crippen LogP contribution is 2.55. The molecule has 2 aliphatic rings. The number of unbranched alkanes of at least 4 members (excludes halogenated alkanes) is 2. The zero-order valence-electron chi connectivity index (χ0n) is 53.5. The van der Waals surface area contributed by atoms with Gasteiger partial charge in [-0.25, -0.2) is 0 Å². The van der Waals surface area contributed by atoms with Gasteiger partial charge < -0.3 is 0 Å². The van der Waals surface area contributed by atoms with E-state index < -0.39 is 0 Å². The third-order valence-electron chi connectivity index (χ3n) is 20.2. The van der Waals surface area contributed by atoms with Crippen LogP contribution in [0.5, 0.6) is 0 Å². The van der Waals surface area contributed by atoms with Crippen molar-refractivity contribution in [3.8, 4) is 30.6 Å². The van der Waals surface area contributed by atoms with E-state index in [4.69, 9.17) is 0 Å². The molecule has 0 radical (unpaired) electrons. The van der Waals surface area contributed by atoms with Crippen LogP contribution in [0.2, 0.25) is 0 Å². The summed E-state index contributed by atoms with van der Waals surface area (Å²) in [5.74, 6) is -0.379. The number of rotatable bonds is 18. The van der Waals surface area contributed by atoms with Gasteiger partial charge in [0.25, 0.3) is 23.6 Å². The minimum atomic E-state index is -0.287. The van der Waals surface area contributed by atoms with Crippen molar-refractivity contribution in [3.63, 3.8) is 0 Å². The number of nitrogens with zero attached hydrogens (tertiary/aromatic N) is 2. The normalized spacial score (nSPS) is 15.4. The minimum Gasteiger partial charge on any atom is -0.274 e. The maximum absolute atomic E-state index is 15.6. The molecular weight excluding hydrogens is 1180 g/mol. The smallest absolute Gasteiger partial charge is 0.262 e. The van der Waals surface area contributed by atoms with Gasteiger partial charge in [-0.3, -0.25) is 29.0 Å². The summed E-state index contributed by atoms with van der Waals surface area (Å²) in [6.07, 6.45) is 9.13. The highest BCUT2D eigenvalue weighted by molar-refractivity contribution is 7.27. The van der Waals surface area contributed by atoms with Crippen LogP contribution in [-0.2, 0) is 10.8 Å². The molecule has 0 fully saturated rings. The molecule has 15 rings (SSSR count). The molecule has 4 amide bonds. The predicted octanol–water partition coefficient (Wildman–Crippen LogP) is 23.6. The second kappa shape index (κ2) is 21.9. The van der Waals surface area contributed by atoms with Crippen molar-refractivity contribution < 1.29 is 19.2 Å². The van der Waals surface area contributed by atoms with Gasteiger partial charge in [-0.1, -0.05) is 150 Å². The van der Waals surface area contributed by atoms with E-state index in [9.17, 15) is 4.79 Å². The Morgan fingerprint density at radius 1 is 0.367 bits per heavy atom. The first-order valence-corrected chi connectivity index (χ1v) is 36.1. The topological polar surface area (TPSA) is 74.8 Å². The third-order valence-corrected chi connectivity index (χ3v) is 25.5. The van der Waals surface area contributed by atoms with Crippen LogP contribution in [0.1, 0.15) is 179 Å². The first-order valence-electron chi connectivity index (χ1n) is 32.8. The summed E-state index contributed by atoms with van der Waals surface area (Å²) in [6, 6.07) is 44.6. The highest BCUT2D eigenvalue weighted by atomic mass is 32.1. The van der Waals surface area contributed by atoms with Gasteiger partial charge in [0.1, 0.15) is 0 Å². The summed E-state index contributed by atoms with van der Waals surface area (Å²) in [6.45, 7) is 25.2. The lowest BCUT2D eigenvalue weighted by molar-refractivity contribution is 0.0577. The van der Waals surface area contributed by atoms with Crippen LogP contribution in [0.4, 0.5) is 0 Å². The maximum atomic E-state index is 15.6. The standard InChI is InChI=1S/C80H76N2O4S4/c1-12-15-16-34-79(10,14-3)67-32-31-64(89-67)58-36-60-71-53(75(83)81(77(60)85)40-43(6)7)23-21-51-57-35-59(74-73-54(76(84)82(78(74)86)41-44(8)9)24-22-52(69(57)73)70(58)72(51)71)63-29-30-65(87-63)66-37-55-49-19-17-46-45(47(49)25-27-61(55)88-66)18-20-50-48(46)26-28-62-56(50)38-68(90-62)80(11,33-13-2)39-42(4)5/h17-32,35-38,42-44H,12-16,33-34,39-41H2,1-11H3. The summed E-state index contributed by atoms with van der Waals surface area (Å²) in [4.78, 5) is 70.4. The number of carbonyl (C=O) groups is 4. The number of amides is 4. The van der Waals surface area contributed by atoms with Crippen LogP contribution < -0.4 is 0 Å². The molecule has 4 aromatic heterocycles. The first-order chi connectivity index (χ1) is 43.3. The van der Waals surface area contributed by atoms with Crippen molar-refractivity contribution in [1.29, 1.82) is 0 Å². The van der Waals surface area contributed by atoms with E-state index in [1.807, 2.05) is 51.2 Å². The Morgan fingerprint density at radius 3 is 1.56 bits per heavy atom. The molecule has 0 aliphatic carbocycles. The second-order valence-electron chi connectivity index (χ2n) is 27.9. The Balaban J connectivity index is 0.905. The Morgan fingerprint density at radius 2 is 0.922 bits per heavy atom. The Hall–Kier alpha value is -7.34. The molecule has 6 nitrogen and oxygen atoms in total. The summed E-state index contributed by atoms with van der Waals surface area (Å²) >= 11 is 7.25. The van der Waals surface area contributed by atoms with E-state index in [-0.39, 0.29) is 46.3 Å². The third kappa shape index (κ3) is 8.99. The molecule has 90 heavy (non-hydrogen) atoms. The van der Waals surface area contributed by atoms with Gasteiger partial charge in [-0.2, -0.15) is 0 Å². The Bertz CT molecular complexity index is 5200. The molecule has 0 N–H and O–H groups in total. The fourth-order valence-electron chi connectivity index (χ4n) is 15.9. The summed E-state index contributed by atoms with van der Waals surface area (Å²) < 4.78 is 2.57. The Labute approximate surface area is 542 Å². The molecule has 9 aromatic carbocycles. The fourth-order valence-corrected chi connectivity index (χ4v) is 20.7. The molecule has 0 saturated carbocycles. The number of thiophene rings is 4. The molecule has 2 aliphatic heterocycles. The van der Waals surface area contributed by atoms with Gasteiger partial charge in [0.15, 0.2) is 0 Å². The van der Waals surface area contributed by atoms with Gasteiger partial charge in [0, 0.05) is 112 Å². The summed E-state index contributed by atoms with van der Waals surface area (Å²) in [7, 11) is 0. The monoisotopic (exact) mass is 1260 g/mol. The second-order valence-corrected chi connectivity index (χ2v) is 32.3. The lowest BCUT2D eigenvalue weighted by Crippen LogP contribution is -2.42. The van der Waals surface area contributed by atoms with Gasteiger partial charge in [-0.05, 0) is 181 Å². The zero-order chi connectivity index (χ0) is 62.6. The molecular formula is C80H76N2O4S4. The van der Waals surface area contributed by atoms with Crippen molar-refractivity contribution in [2.75, 3.05) is 13.1 Å². The predicted molar refractivity (Wildman–Crippen MR) is 387 cm³/mol. The van der Waals surface area contributed by atoms with Crippen LogP contribution in [-0.4, -0.2) is 46.5 Å². The molecule has 10 heteroatoms. The van der Waals surface area contributed by atoms with Crippen LogP contribution in [0.15, 0.2) is 121 Å². The zero-order valence-corrected chi connectivity index (χ0v) is 56.8. The van der Waals surface area contributed by atoms with E-state index in [2.05, 4.69) is 158 Å². The summed E-state index contributed by atoms with van der Waals surface area (Å²) in [5, 5.41) is 16.8. The largest absolute Gasteiger partial charge is 0.274 e. The van der Waals surface area contributed by atoms with Crippen molar-refractivity contribution in [2.45, 2.75) is 138 Å². The maximum Gasteiger partial charge on any atom is 0.262 e. The molecule has 2 atom stereocenters. The van der Waals surface area contributed by atoms with Crippen LogP contribution in [0.3, 0.4) is 0 Å². The van der Waals surface area contributed by atoms with Gasteiger partial charge in [-0.15, -0.1) is 45.3 Å². The Kier molecular flexibility index (Phi) is 14.4. The van der Waals surface area contributed by atoms with Crippen LogP contribution in [0, 0.1) is 17.8 Å². The number of benzene rings is 9. The van der Waals surface area contributed by atoms with E-state index >= 15 is 14.4 Å². The van der Waals surface area contributed by atoms with E-state index in [0.717, 1.165) is 88.6 Å². The average Bonchev–Trinajstić information content (AvgIpc) is 0.694. The number of carbonyl (C=O) groups excluding carboxylic acids is 4. The van der Waals surface area contributed by atoms with Gasteiger partial charge in [0.05, 0.1) is 5.56 Å². The van der Waals surface area contributed by atoms with Gasteiger partial charge in [0.2, 0.25) is 0 Å². The lowest BCUT2D eigenvalue weighted by atomic mass is 9.77. The van der Waals surface area contributed by atoms with Crippen molar-refractivity contribution in [2.24, 2.45) is 17.8 Å². The van der Waals surface area contributed by atoms with E-state index in [0.29, 0.717) is 52.0 Å². The molecule has 6 heterocycles. The van der Waals surface area contributed by atoms with E-state index in [1.54, 1.807) is 34.0 Å². The minimum absolute atomic E-state index is 0.0201. The number of hydrogen-bond donors (Lipinski definition) is 0. The van der Waals surface area contributed by atoms with Crippen molar-refractivity contribution in [3.05, 3.63) is 153 Å². The molecule has 2 unspecified atom stereocenters. The highest BCUT2D eigenvalue weighted by Gasteiger charge is 2.40. The average molecular weight is 1260 g/mol. The number of hydrogen-bond acceptors (Lipinski definition) is 8. The quantitative estimate of drug-likeness (QED) is 0.0371. The van der Waals surface area contributed by atoms with Crippen LogP contribution in [0.25, 0.3) is 126 Å². The van der Waals surface area contributed by atoms with Crippen LogP contribution >= 0.6 is 45.3 Å². The number of imide groups is 2. The SMILES string of the molecule is CCCCCC(C)(CC)c1ccc(-c2cc3c4c(ccc5c6cc(-c7ccc(-c8cc9c(ccc%10c9ccc9c%11ccc%12sc(C(C)(CCC)CC(C)C)cc%12c%11ccc%109)s8)s7)c7c8c(ccc(c2c45)c86)C(=O)N(CC(C)C)C7=O)C(=O)N(CC(C)C)C3=O)s1. The molecule has 454 valence electrons. The lowest BCUT2D eigenvalue weighted by Gasteiger charge is -2.32. The first kappa shape index (κ1) is 59.0. The fraction of sp³-hybridized carbons (Fsp3) is 0.325. The molecule has 0 saturated heterocycles. The summed E-state index contributed by atoms with van der Waals surface area (Å²) in [5.41, 5.74) is 3.93. The molecule has 13 aromatic rings. The molecule has 0 spiro atoms. The van der Waals surface area contributed by atoms with Crippen molar-refractivity contribution >= 4 is 165 Å².